The number of benzene rings is 2. The molecule has 1 amide bonds. The largest absolute Gasteiger partial charge is 0.488 e. The van der Waals surface area contributed by atoms with Crippen LogP contribution in [0, 0.1) is 5.92 Å². The summed E-state index contributed by atoms with van der Waals surface area (Å²) in [4.78, 5) is 21.6. The molecule has 9 nitrogen and oxygen atoms in total. The van der Waals surface area contributed by atoms with E-state index >= 15 is 0 Å². The Morgan fingerprint density at radius 3 is 2.55 bits per heavy atom. The number of sulfonamides is 1. The third kappa shape index (κ3) is 6.50. The number of likely N-dealkylation sites (N-methyl/N-ethyl adjacent to an activating group) is 1. The molecule has 202 valence electrons. The molecule has 2 N–H and O–H groups in total. The van der Waals surface area contributed by atoms with Crippen LogP contribution in [0.4, 0.5) is 5.69 Å². The second-order valence-electron chi connectivity index (χ2n) is 9.80. The van der Waals surface area contributed by atoms with Crippen molar-refractivity contribution in [2.45, 2.75) is 37.4 Å². The van der Waals surface area contributed by atoms with E-state index in [4.69, 9.17) is 4.74 Å². The molecule has 0 saturated heterocycles. The van der Waals surface area contributed by atoms with E-state index in [0.717, 1.165) is 5.56 Å². The number of pyridine rings is 1. The van der Waals surface area contributed by atoms with Crippen molar-refractivity contribution in [3.63, 3.8) is 0 Å². The molecule has 0 spiro atoms. The predicted molar refractivity (Wildman–Crippen MR) is 145 cm³/mol. The minimum Gasteiger partial charge on any atom is -0.488 e. The number of amides is 1. The van der Waals surface area contributed by atoms with Gasteiger partial charge < -0.3 is 14.7 Å². The quantitative estimate of drug-likeness (QED) is 0.430. The van der Waals surface area contributed by atoms with E-state index in [2.05, 4.69) is 14.6 Å². The Labute approximate surface area is 224 Å². The Balaban J connectivity index is 1.63. The van der Waals surface area contributed by atoms with Gasteiger partial charge in [0.1, 0.15) is 11.9 Å². The fourth-order valence-corrected chi connectivity index (χ4v) is 5.56. The molecule has 1 aliphatic heterocycles. The van der Waals surface area contributed by atoms with Crippen molar-refractivity contribution >= 4 is 21.6 Å². The Kier molecular flexibility index (Phi) is 8.65. The average Bonchev–Trinajstić information content (AvgIpc) is 2.91. The van der Waals surface area contributed by atoms with Crippen LogP contribution in [0.3, 0.4) is 0 Å². The third-order valence-electron chi connectivity index (χ3n) is 6.66. The van der Waals surface area contributed by atoms with E-state index < -0.39 is 16.1 Å². The van der Waals surface area contributed by atoms with Crippen LogP contribution in [-0.4, -0.2) is 73.1 Å². The standard InChI is InChI=1S/C28H34N4O5S/c1-20-16-32(21(2)19-33)28(34)25-15-23(30-38(35,36)24-7-5-4-6-8-24)9-10-26(25)37-27(20)18-31(3)17-22-11-13-29-14-12-22/h4-15,20-21,27,30,33H,16-19H2,1-3H3/t20-,21-,27-/m0/s1. The second kappa shape index (κ2) is 11.9. The van der Waals surface area contributed by atoms with Gasteiger partial charge in [-0.25, -0.2) is 8.42 Å². The van der Waals surface area contributed by atoms with Gasteiger partial charge in [0.25, 0.3) is 15.9 Å². The number of ether oxygens (including phenoxy) is 1. The van der Waals surface area contributed by atoms with Crippen molar-refractivity contribution in [1.29, 1.82) is 0 Å². The van der Waals surface area contributed by atoms with Crippen LogP contribution in [0.5, 0.6) is 5.75 Å². The highest BCUT2D eigenvalue weighted by Crippen LogP contribution is 2.31. The lowest BCUT2D eigenvalue weighted by Gasteiger charge is -2.38. The lowest BCUT2D eigenvalue weighted by Crippen LogP contribution is -2.49. The van der Waals surface area contributed by atoms with Crippen LogP contribution in [0.2, 0.25) is 0 Å². The number of rotatable bonds is 9. The van der Waals surface area contributed by atoms with Crippen molar-refractivity contribution in [3.05, 3.63) is 84.2 Å². The number of anilines is 1. The van der Waals surface area contributed by atoms with E-state index in [1.54, 1.807) is 54.5 Å². The summed E-state index contributed by atoms with van der Waals surface area (Å²) in [6.45, 7) is 5.32. The van der Waals surface area contributed by atoms with Gasteiger partial charge in [-0.3, -0.25) is 19.4 Å². The number of nitrogens with zero attached hydrogens (tertiary/aromatic N) is 3. The molecule has 0 unspecified atom stereocenters. The molecule has 0 bridgehead atoms. The summed E-state index contributed by atoms with van der Waals surface area (Å²) in [5, 5.41) is 9.88. The first-order valence-corrected chi connectivity index (χ1v) is 14.0. The summed E-state index contributed by atoms with van der Waals surface area (Å²) in [6.07, 6.45) is 3.27. The van der Waals surface area contributed by atoms with Crippen LogP contribution < -0.4 is 9.46 Å². The molecule has 2 aromatic carbocycles. The smallest absolute Gasteiger partial charge is 0.261 e. The number of hydrogen-bond donors (Lipinski definition) is 2. The molecule has 2 heterocycles. The monoisotopic (exact) mass is 538 g/mol. The highest BCUT2D eigenvalue weighted by atomic mass is 32.2. The van der Waals surface area contributed by atoms with E-state index in [1.165, 1.54) is 18.2 Å². The third-order valence-corrected chi connectivity index (χ3v) is 8.06. The second-order valence-corrected chi connectivity index (χ2v) is 11.5. The molecule has 4 rings (SSSR count). The maximum atomic E-state index is 13.6. The Morgan fingerprint density at radius 1 is 1.16 bits per heavy atom. The van der Waals surface area contributed by atoms with Gasteiger partial charge in [-0.05, 0) is 62.0 Å². The minimum absolute atomic E-state index is 0.0303. The number of aromatic nitrogens is 1. The zero-order valence-corrected chi connectivity index (χ0v) is 22.6. The number of carbonyl (C=O) groups excluding carboxylic acids is 1. The van der Waals surface area contributed by atoms with Crippen molar-refractivity contribution < 1.29 is 23.1 Å². The zero-order chi connectivity index (χ0) is 27.3. The number of aliphatic hydroxyl groups is 1. The molecule has 0 fully saturated rings. The summed E-state index contributed by atoms with van der Waals surface area (Å²) in [6, 6.07) is 16.3. The number of fused-ring (bicyclic) bond motifs is 1. The van der Waals surface area contributed by atoms with Gasteiger partial charge in [0.15, 0.2) is 0 Å². The summed E-state index contributed by atoms with van der Waals surface area (Å²) in [7, 11) is -1.83. The first kappa shape index (κ1) is 27.6. The molecule has 10 heteroatoms. The van der Waals surface area contributed by atoms with Crippen molar-refractivity contribution in [2.24, 2.45) is 5.92 Å². The SMILES string of the molecule is C[C@H]1CN([C@@H](C)CO)C(=O)c2cc(NS(=O)(=O)c3ccccc3)ccc2O[C@H]1CN(C)Cc1ccncc1. The molecule has 0 radical (unpaired) electrons. The lowest BCUT2D eigenvalue weighted by molar-refractivity contribution is 0.0341. The minimum atomic E-state index is -3.84. The van der Waals surface area contributed by atoms with Crippen molar-refractivity contribution in [3.8, 4) is 5.75 Å². The molecule has 0 saturated carbocycles. The van der Waals surface area contributed by atoms with Crippen LogP contribution in [0.1, 0.15) is 29.8 Å². The van der Waals surface area contributed by atoms with Crippen molar-refractivity contribution in [1.82, 2.24) is 14.8 Å². The Morgan fingerprint density at radius 2 is 1.87 bits per heavy atom. The van der Waals surface area contributed by atoms with Gasteiger partial charge in [0.05, 0.1) is 23.1 Å². The Bertz CT molecular complexity index is 1340. The van der Waals surface area contributed by atoms with E-state index in [-0.39, 0.29) is 40.7 Å². The van der Waals surface area contributed by atoms with Gasteiger partial charge in [-0.2, -0.15) is 0 Å². The molecule has 3 atom stereocenters. The van der Waals surface area contributed by atoms with Gasteiger partial charge in [-0.15, -0.1) is 0 Å². The summed E-state index contributed by atoms with van der Waals surface area (Å²) in [5.74, 6) is 0.0247. The van der Waals surface area contributed by atoms with E-state index in [9.17, 15) is 18.3 Å². The van der Waals surface area contributed by atoms with E-state index in [0.29, 0.717) is 25.4 Å². The van der Waals surface area contributed by atoms with Gasteiger partial charge in [-0.1, -0.05) is 25.1 Å². The van der Waals surface area contributed by atoms with Gasteiger partial charge >= 0.3 is 0 Å². The topological polar surface area (TPSA) is 112 Å². The Hall–Kier alpha value is -3.47. The lowest BCUT2D eigenvalue weighted by atomic mass is 9.99. The highest BCUT2D eigenvalue weighted by molar-refractivity contribution is 7.92. The molecule has 1 aromatic heterocycles. The summed E-state index contributed by atoms with van der Waals surface area (Å²) < 4.78 is 34.7. The maximum Gasteiger partial charge on any atom is 0.261 e. The van der Waals surface area contributed by atoms with Crippen LogP contribution in [0.15, 0.2) is 78.0 Å². The maximum absolute atomic E-state index is 13.6. The van der Waals surface area contributed by atoms with Gasteiger partial charge in [0.2, 0.25) is 0 Å². The van der Waals surface area contributed by atoms with Gasteiger partial charge in [0, 0.05) is 43.6 Å². The zero-order valence-electron chi connectivity index (χ0n) is 21.8. The van der Waals surface area contributed by atoms with Crippen LogP contribution >= 0.6 is 0 Å². The fourth-order valence-electron chi connectivity index (χ4n) is 4.49. The predicted octanol–water partition coefficient (Wildman–Crippen LogP) is 3.23. The van der Waals surface area contributed by atoms with Crippen molar-refractivity contribution in [2.75, 3.05) is 31.5 Å². The molecular weight excluding hydrogens is 504 g/mol. The first-order valence-electron chi connectivity index (χ1n) is 12.6. The molecule has 38 heavy (non-hydrogen) atoms. The average molecular weight is 539 g/mol. The fraction of sp³-hybridized carbons (Fsp3) is 0.357. The molecule has 0 aliphatic carbocycles. The number of hydrogen-bond acceptors (Lipinski definition) is 7. The van der Waals surface area contributed by atoms with Crippen LogP contribution in [0.25, 0.3) is 0 Å². The normalized spacial score (nSPS) is 18.8. The molecular formula is C28H34N4O5S. The first-order chi connectivity index (χ1) is 18.2. The molecule has 1 aliphatic rings. The highest BCUT2D eigenvalue weighted by Gasteiger charge is 2.33. The number of nitrogens with one attached hydrogen (secondary N) is 1. The molecule has 3 aromatic rings. The number of carbonyl (C=O) groups is 1. The summed E-state index contributed by atoms with van der Waals surface area (Å²) in [5.41, 5.74) is 1.62. The van der Waals surface area contributed by atoms with E-state index in [1.807, 2.05) is 26.1 Å². The van der Waals surface area contributed by atoms with Crippen LogP contribution in [-0.2, 0) is 16.6 Å². The summed E-state index contributed by atoms with van der Waals surface area (Å²) >= 11 is 0. The number of aliphatic hydroxyl groups excluding tert-OH is 1.